The Bertz CT molecular complexity index is 731. The van der Waals surface area contributed by atoms with Crippen LogP contribution in [0.15, 0.2) is 47.5 Å². The summed E-state index contributed by atoms with van der Waals surface area (Å²) in [6, 6.07) is 14.7. The van der Waals surface area contributed by atoms with E-state index in [9.17, 15) is 0 Å². The van der Waals surface area contributed by atoms with Gasteiger partial charge in [-0.3, -0.25) is 0 Å². The molecule has 98 valence electrons. The van der Waals surface area contributed by atoms with Crippen molar-refractivity contribution in [1.29, 1.82) is 5.26 Å². The Kier molecular flexibility index (Phi) is 2.98. The molecule has 1 aliphatic heterocycles. The molecule has 0 spiro atoms. The number of anilines is 2. The number of fused-ring (bicyclic) bond motifs is 1. The number of rotatable bonds is 1. The smallest absolute Gasteiger partial charge is 0.146 e. The molecule has 0 aliphatic carbocycles. The summed E-state index contributed by atoms with van der Waals surface area (Å²) in [5.41, 5.74) is 8.48. The monoisotopic (exact) mass is 264 g/mol. The van der Waals surface area contributed by atoms with Gasteiger partial charge in [-0.15, -0.1) is 0 Å². The maximum absolute atomic E-state index is 8.88. The molecular formula is C15H12N4O. The molecule has 0 atom stereocenters. The summed E-state index contributed by atoms with van der Waals surface area (Å²) in [7, 11) is 0. The van der Waals surface area contributed by atoms with Gasteiger partial charge in [0.15, 0.2) is 0 Å². The number of ether oxygens (including phenoxy) is 1. The number of hydrogen-bond acceptors (Lipinski definition) is 5. The highest BCUT2D eigenvalue weighted by Crippen LogP contribution is 2.32. The van der Waals surface area contributed by atoms with Gasteiger partial charge in [0, 0.05) is 11.4 Å². The molecule has 0 saturated carbocycles. The third-order valence-electron chi connectivity index (χ3n) is 2.88. The van der Waals surface area contributed by atoms with Crippen LogP contribution in [0.2, 0.25) is 0 Å². The maximum Gasteiger partial charge on any atom is 0.146 e. The molecule has 1 heterocycles. The van der Waals surface area contributed by atoms with Crippen LogP contribution >= 0.6 is 0 Å². The highest BCUT2D eigenvalue weighted by molar-refractivity contribution is 5.99. The van der Waals surface area contributed by atoms with Crippen molar-refractivity contribution in [1.82, 2.24) is 0 Å². The van der Waals surface area contributed by atoms with Crippen molar-refractivity contribution in [3.63, 3.8) is 0 Å². The van der Waals surface area contributed by atoms with Gasteiger partial charge < -0.3 is 15.8 Å². The van der Waals surface area contributed by atoms with E-state index < -0.39 is 0 Å². The normalized spacial score (nSPS) is 12.7. The van der Waals surface area contributed by atoms with Crippen LogP contribution in [0.25, 0.3) is 0 Å². The van der Waals surface area contributed by atoms with Gasteiger partial charge in [-0.2, -0.15) is 5.26 Å². The molecule has 0 aromatic heterocycles. The second kappa shape index (κ2) is 4.94. The molecule has 20 heavy (non-hydrogen) atoms. The number of nitrogens with zero attached hydrogens (tertiary/aromatic N) is 2. The number of nitriles is 1. The van der Waals surface area contributed by atoms with E-state index in [2.05, 4.69) is 16.4 Å². The van der Waals surface area contributed by atoms with Crippen LogP contribution in [0, 0.1) is 11.3 Å². The molecule has 0 radical (unpaired) electrons. The van der Waals surface area contributed by atoms with Crippen LogP contribution in [0.3, 0.4) is 0 Å². The summed E-state index contributed by atoms with van der Waals surface area (Å²) >= 11 is 0. The van der Waals surface area contributed by atoms with Crippen molar-refractivity contribution >= 4 is 22.9 Å². The Morgan fingerprint density at radius 1 is 1.25 bits per heavy atom. The average molecular weight is 264 g/mol. The molecule has 3 rings (SSSR count). The first kappa shape index (κ1) is 12.1. The zero-order chi connectivity index (χ0) is 13.9. The van der Waals surface area contributed by atoms with Crippen molar-refractivity contribution in [3.05, 3.63) is 48.0 Å². The fourth-order valence-electron chi connectivity index (χ4n) is 1.96. The summed E-state index contributed by atoms with van der Waals surface area (Å²) in [6.45, 7) is 0.355. The fraction of sp³-hybridized carbons (Fsp3) is 0.0667. The van der Waals surface area contributed by atoms with Crippen LogP contribution in [0.1, 0.15) is 5.56 Å². The van der Waals surface area contributed by atoms with Gasteiger partial charge >= 0.3 is 0 Å². The van der Waals surface area contributed by atoms with E-state index in [4.69, 9.17) is 15.7 Å². The zero-order valence-electron chi connectivity index (χ0n) is 10.6. The van der Waals surface area contributed by atoms with Crippen molar-refractivity contribution in [2.45, 2.75) is 0 Å². The Morgan fingerprint density at radius 2 is 2.15 bits per heavy atom. The van der Waals surface area contributed by atoms with Gasteiger partial charge in [0.2, 0.25) is 0 Å². The number of amidine groups is 1. The SMILES string of the molecule is N#Cc1cccc(NC2=Nc3cc(N)ccc3OC2)c1. The van der Waals surface area contributed by atoms with Crippen LogP contribution in [-0.2, 0) is 0 Å². The third-order valence-corrected chi connectivity index (χ3v) is 2.88. The summed E-state index contributed by atoms with van der Waals surface area (Å²) in [5, 5.41) is 12.0. The summed E-state index contributed by atoms with van der Waals surface area (Å²) in [6.07, 6.45) is 0. The van der Waals surface area contributed by atoms with Gasteiger partial charge in [-0.1, -0.05) is 6.07 Å². The van der Waals surface area contributed by atoms with Crippen molar-refractivity contribution in [2.75, 3.05) is 17.7 Å². The minimum absolute atomic E-state index is 0.355. The van der Waals surface area contributed by atoms with E-state index in [0.29, 0.717) is 29.4 Å². The van der Waals surface area contributed by atoms with Gasteiger partial charge in [-0.05, 0) is 36.4 Å². The lowest BCUT2D eigenvalue weighted by atomic mass is 10.2. The molecule has 0 unspecified atom stereocenters. The van der Waals surface area contributed by atoms with Gasteiger partial charge in [0.1, 0.15) is 23.9 Å². The van der Waals surface area contributed by atoms with Crippen molar-refractivity contribution in [2.24, 2.45) is 4.99 Å². The quantitative estimate of drug-likeness (QED) is 0.775. The van der Waals surface area contributed by atoms with E-state index in [1.807, 2.05) is 12.1 Å². The first-order valence-corrected chi connectivity index (χ1v) is 6.12. The van der Waals surface area contributed by atoms with Crippen LogP contribution < -0.4 is 15.8 Å². The number of nitrogen functional groups attached to an aromatic ring is 1. The molecule has 0 fully saturated rings. The number of nitrogens with one attached hydrogen (secondary N) is 1. The molecule has 0 bridgehead atoms. The lowest BCUT2D eigenvalue weighted by Gasteiger charge is -2.18. The highest BCUT2D eigenvalue weighted by atomic mass is 16.5. The highest BCUT2D eigenvalue weighted by Gasteiger charge is 2.13. The number of aliphatic imine (C=N–C) groups is 1. The largest absolute Gasteiger partial charge is 0.483 e. The molecular weight excluding hydrogens is 252 g/mol. The first-order valence-electron chi connectivity index (χ1n) is 6.12. The molecule has 3 N–H and O–H groups in total. The topological polar surface area (TPSA) is 83.4 Å². The second-order valence-corrected chi connectivity index (χ2v) is 4.39. The molecule has 2 aromatic carbocycles. The van der Waals surface area contributed by atoms with E-state index in [-0.39, 0.29) is 0 Å². The standard InChI is InChI=1S/C15H12N4O/c16-8-10-2-1-3-12(6-10)18-15-9-20-14-5-4-11(17)7-13(14)19-15/h1-7H,9,17H2,(H,18,19). The third kappa shape index (κ3) is 2.40. The van der Waals surface area contributed by atoms with Gasteiger partial charge in [0.05, 0.1) is 11.6 Å². The van der Waals surface area contributed by atoms with E-state index in [1.165, 1.54) is 0 Å². The Morgan fingerprint density at radius 3 is 3.00 bits per heavy atom. The maximum atomic E-state index is 8.88. The molecule has 5 heteroatoms. The van der Waals surface area contributed by atoms with E-state index >= 15 is 0 Å². The molecule has 1 aliphatic rings. The zero-order valence-corrected chi connectivity index (χ0v) is 10.6. The molecule has 0 saturated heterocycles. The second-order valence-electron chi connectivity index (χ2n) is 4.39. The minimum Gasteiger partial charge on any atom is -0.483 e. The predicted octanol–water partition coefficient (Wildman–Crippen LogP) is 2.67. The summed E-state index contributed by atoms with van der Waals surface area (Å²) in [4.78, 5) is 4.47. The average Bonchev–Trinajstić information content (AvgIpc) is 2.47. The van der Waals surface area contributed by atoms with Crippen LogP contribution in [0.5, 0.6) is 5.75 Å². The Labute approximate surface area is 116 Å². The fourth-order valence-corrected chi connectivity index (χ4v) is 1.96. The van der Waals surface area contributed by atoms with Gasteiger partial charge in [-0.25, -0.2) is 4.99 Å². The summed E-state index contributed by atoms with van der Waals surface area (Å²) in [5.74, 6) is 1.40. The predicted molar refractivity (Wildman–Crippen MR) is 78.2 cm³/mol. The lowest BCUT2D eigenvalue weighted by molar-refractivity contribution is 0.372. The number of hydrogen-bond donors (Lipinski definition) is 2. The number of nitrogens with two attached hydrogens (primary N) is 1. The minimum atomic E-state index is 0.355. The van der Waals surface area contributed by atoms with Crippen LogP contribution in [0.4, 0.5) is 17.1 Å². The summed E-state index contributed by atoms with van der Waals surface area (Å²) < 4.78 is 5.61. The van der Waals surface area contributed by atoms with Crippen molar-refractivity contribution < 1.29 is 4.74 Å². The van der Waals surface area contributed by atoms with Gasteiger partial charge in [0.25, 0.3) is 0 Å². The number of benzene rings is 2. The van der Waals surface area contributed by atoms with Crippen LogP contribution in [-0.4, -0.2) is 12.4 Å². The lowest BCUT2D eigenvalue weighted by Crippen LogP contribution is -2.23. The molecule has 0 amide bonds. The van der Waals surface area contributed by atoms with Crippen molar-refractivity contribution in [3.8, 4) is 11.8 Å². The molecule has 5 nitrogen and oxygen atoms in total. The Hall–Kier alpha value is -3.00. The van der Waals surface area contributed by atoms with E-state index in [1.54, 1.807) is 30.3 Å². The first-order chi connectivity index (χ1) is 9.74. The Balaban J connectivity index is 1.87. The van der Waals surface area contributed by atoms with E-state index in [0.717, 1.165) is 11.4 Å². The molecule has 2 aromatic rings.